The quantitative estimate of drug-likeness (QED) is 0.382. The first-order valence-corrected chi connectivity index (χ1v) is 14.3. The van der Waals surface area contributed by atoms with Gasteiger partial charge in [0.05, 0.1) is 17.7 Å². The van der Waals surface area contributed by atoms with Crippen molar-refractivity contribution in [1.82, 2.24) is 10.2 Å². The molecule has 0 unspecified atom stereocenters. The van der Waals surface area contributed by atoms with Crippen LogP contribution in [0, 0.1) is 20.8 Å². The minimum atomic E-state index is -4.11. The van der Waals surface area contributed by atoms with E-state index in [9.17, 15) is 18.0 Å². The molecule has 208 valence electrons. The molecule has 3 rings (SSSR count). The molecule has 0 bridgehead atoms. The van der Waals surface area contributed by atoms with Gasteiger partial charge in [-0.3, -0.25) is 13.9 Å². The number of anilines is 1. The van der Waals surface area contributed by atoms with Gasteiger partial charge >= 0.3 is 0 Å². The van der Waals surface area contributed by atoms with E-state index in [1.54, 1.807) is 57.4 Å². The van der Waals surface area contributed by atoms with E-state index in [-0.39, 0.29) is 17.3 Å². The summed E-state index contributed by atoms with van der Waals surface area (Å²) in [5.41, 5.74) is 3.76. The third-order valence-corrected chi connectivity index (χ3v) is 8.29. The minimum Gasteiger partial charge on any atom is -0.497 e. The van der Waals surface area contributed by atoms with Gasteiger partial charge in [0.25, 0.3) is 10.0 Å². The molecule has 0 fully saturated rings. The lowest BCUT2D eigenvalue weighted by Gasteiger charge is -2.32. The average molecular weight is 552 g/mol. The van der Waals surface area contributed by atoms with E-state index in [0.717, 1.165) is 26.6 Å². The molecule has 0 saturated carbocycles. The van der Waals surface area contributed by atoms with Crippen molar-refractivity contribution in [1.29, 1.82) is 0 Å². The molecule has 0 aromatic heterocycles. The molecule has 0 aliphatic carbocycles. The Kier molecular flexibility index (Phi) is 9.75. The Morgan fingerprint density at radius 1 is 0.949 bits per heavy atom. The molecule has 0 aliphatic rings. The molecule has 0 heterocycles. The topological polar surface area (TPSA) is 96.0 Å². The predicted molar refractivity (Wildman–Crippen MR) is 153 cm³/mol. The SMILES string of the molecule is CCNC(=O)[C@@H](C)N(Cc1cccc(OC)c1)C(=O)CN(c1ccc(C)cc1C)S(=O)(=O)c1ccc(C)cc1. The fraction of sp³-hybridized carbons (Fsp3) is 0.333. The van der Waals surface area contributed by atoms with E-state index in [1.165, 1.54) is 17.0 Å². The van der Waals surface area contributed by atoms with Crippen molar-refractivity contribution in [3.05, 3.63) is 89.0 Å². The highest BCUT2D eigenvalue weighted by Crippen LogP contribution is 2.28. The second-order valence-electron chi connectivity index (χ2n) is 9.56. The lowest BCUT2D eigenvalue weighted by molar-refractivity contribution is -0.139. The zero-order chi connectivity index (χ0) is 28.7. The number of nitrogens with zero attached hydrogens (tertiary/aromatic N) is 2. The van der Waals surface area contributed by atoms with Crippen LogP contribution in [-0.4, -0.2) is 51.4 Å². The molecule has 3 aromatic carbocycles. The van der Waals surface area contributed by atoms with Gasteiger partial charge < -0.3 is 15.0 Å². The van der Waals surface area contributed by atoms with Gasteiger partial charge in [0, 0.05) is 13.1 Å². The third-order valence-electron chi connectivity index (χ3n) is 6.51. The van der Waals surface area contributed by atoms with Crippen LogP contribution in [0.5, 0.6) is 5.75 Å². The number of aryl methyl sites for hydroxylation is 3. The average Bonchev–Trinajstić information content (AvgIpc) is 2.90. The second-order valence-corrected chi connectivity index (χ2v) is 11.4. The molecule has 9 heteroatoms. The first-order chi connectivity index (χ1) is 18.5. The summed E-state index contributed by atoms with van der Waals surface area (Å²) in [5.74, 6) is -0.218. The molecular formula is C30H37N3O5S. The summed E-state index contributed by atoms with van der Waals surface area (Å²) < 4.78 is 34.4. The van der Waals surface area contributed by atoms with Gasteiger partial charge in [-0.2, -0.15) is 0 Å². The number of carbonyl (C=O) groups is 2. The number of likely N-dealkylation sites (N-methyl/N-ethyl adjacent to an activating group) is 1. The standard InChI is InChI=1S/C30H37N3O5S/c1-7-31-30(35)24(5)32(19-25-9-8-10-26(18-25)38-6)29(34)20-33(28-16-13-22(3)17-23(28)4)39(36,37)27-14-11-21(2)12-15-27/h8-18,24H,7,19-20H2,1-6H3,(H,31,35)/t24-/m1/s1. The molecule has 3 aromatic rings. The first kappa shape index (κ1) is 29.7. The van der Waals surface area contributed by atoms with Crippen LogP contribution in [0.4, 0.5) is 5.69 Å². The van der Waals surface area contributed by atoms with Crippen LogP contribution in [0.15, 0.2) is 71.6 Å². The summed E-state index contributed by atoms with van der Waals surface area (Å²) in [6, 6.07) is 18.3. The van der Waals surface area contributed by atoms with E-state index in [1.807, 2.05) is 39.0 Å². The van der Waals surface area contributed by atoms with Crippen molar-refractivity contribution in [2.75, 3.05) is 24.5 Å². The summed E-state index contributed by atoms with van der Waals surface area (Å²) in [5, 5.41) is 2.76. The zero-order valence-corrected chi connectivity index (χ0v) is 24.2. The summed E-state index contributed by atoms with van der Waals surface area (Å²) in [6.45, 7) is 9.07. The van der Waals surface area contributed by atoms with Gasteiger partial charge in [0.1, 0.15) is 18.3 Å². The third kappa shape index (κ3) is 7.17. The Balaban J connectivity index is 2.07. The smallest absolute Gasteiger partial charge is 0.264 e. The molecule has 0 aliphatic heterocycles. The highest BCUT2D eigenvalue weighted by Gasteiger charge is 2.33. The number of methoxy groups -OCH3 is 1. The van der Waals surface area contributed by atoms with Crippen molar-refractivity contribution in [3.8, 4) is 5.75 Å². The molecule has 2 amide bonds. The number of amides is 2. The highest BCUT2D eigenvalue weighted by atomic mass is 32.2. The molecule has 8 nitrogen and oxygen atoms in total. The van der Waals surface area contributed by atoms with Crippen molar-refractivity contribution in [3.63, 3.8) is 0 Å². The van der Waals surface area contributed by atoms with Crippen molar-refractivity contribution in [2.45, 2.75) is 52.1 Å². The second kappa shape index (κ2) is 12.8. The van der Waals surface area contributed by atoms with Crippen LogP contribution in [0.3, 0.4) is 0 Å². The number of benzene rings is 3. The number of sulfonamides is 1. The minimum absolute atomic E-state index is 0.0806. The first-order valence-electron chi connectivity index (χ1n) is 12.8. The number of carbonyl (C=O) groups excluding carboxylic acids is 2. The normalized spacial score (nSPS) is 11.9. The summed E-state index contributed by atoms with van der Waals surface area (Å²) >= 11 is 0. The van der Waals surface area contributed by atoms with Gasteiger partial charge in [-0.05, 0) is 76.1 Å². The zero-order valence-electron chi connectivity index (χ0n) is 23.4. The predicted octanol–water partition coefficient (Wildman–Crippen LogP) is 4.37. The summed E-state index contributed by atoms with van der Waals surface area (Å²) in [7, 11) is -2.56. The Morgan fingerprint density at radius 2 is 1.62 bits per heavy atom. The number of hydrogen-bond donors (Lipinski definition) is 1. The van der Waals surface area contributed by atoms with E-state index >= 15 is 0 Å². The maximum atomic E-state index is 14.0. The Labute approximate surface area is 231 Å². The van der Waals surface area contributed by atoms with Gasteiger partial charge in [-0.1, -0.05) is 47.5 Å². The van der Waals surface area contributed by atoms with Gasteiger partial charge in [0.15, 0.2) is 0 Å². The van der Waals surface area contributed by atoms with E-state index in [0.29, 0.717) is 18.0 Å². The molecular weight excluding hydrogens is 514 g/mol. The van der Waals surface area contributed by atoms with Crippen LogP contribution >= 0.6 is 0 Å². The van der Waals surface area contributed by atoms with Gasteiger partial charge in [-0.15, -0.1) is 0 Å². The maximum absolute atomic E-state index is 14.0. The van der Waals surface area contributed by atoms with Crippen molar-refractivity contribution in [2.24, 2.45) is 0 Å². The van der Waals surface area contributed by atoms with Crippen molar-refractivity contribution < 1.29 is 22.7 Å². The summed E-state index contributed by atoms with van der Waals surface area (Å²) in [6.07, 6.45) is 0. The van der Waals surface area contributed by atoms with Gasteiger partial charge in [0.2, 0.25) is 11.8 Å². The Morgan fingerprint density at radius 3 is 2.23 bits per heavy atom. The van der Waals surface area contributed by atoms with Gasteiger partial charge in [-0.25, -0.2) is 8.42 Å². The lowest BCUT2D eigenvalue weighted by atomic mass is 10.1. The highest BCUT2D eigenvalue weighted by molar-refractivity contribution is 7.92. The van der Waals surface area contributed by atoms with Crippen LogP contribution in [-0.2, 0) is 26.2 Å². The number of ether oxygens (including phenoxy) is 1. The monoisotopic (exact) mass is 551 g/mol. The molecule has 0 saturated heterocycles. The van der Waals surface area contributed by atoms with Crippen LogP contribution in [0.25, 0.3) is 0 Å². The number of hydrogen-bond acceptors (Lipinski definition) is 5. The van der Waals surface area contributed by atoms with E-state index in [4.69, 9.17) is 4.74 Å². The molecule has 1 N–H and O–H groups in total. The molecule has 0 spiro atoms. The molecule has 0 radical (unpaired) electrons. The maximum Gasteiger partial charge on any atom is 0.264 e. The van der Waals surface area contributed by atoms with Crippen LogP contribution in [0.2, 0.25) is 0 Å². The number of nitrogens with one attached hydrogen (secondary N) is 1. The lowest BCUT2D eigenvalue weighted by Crippen LogP contribution is -2.51. The van der Waals surface area contributed by atoms with E-state index < -0.39 is 28.5 Å². The fourth-order valence-electron chi connectivity index (χ4n) is 4.31. The Bertz CT molecular complexity index is 1420. The van der Waals surface area contributed by atoms with E-state index in [2.05, 4.69) is 5.32 Å². The van der Waals surface area contributed by atoms with Crippen LogP contribution < -0.4 is 14.4 Å². The summed E-state index contributed by atoms with van der Waals surface area (Å²) in [4.78, 5) is 28.3. The molecule has 39 heavy (non-hydrogen) atoms. The molecule has 1 atom stereocenters. The number of rotatable bonds is 11. The van der Waals surface area contributed by atoms with Crippen LogP contribution in [0.1, 0.15) is 36.1 Å². The largest absolute Gasteiger partial charge is 0.497 e. The Hall–Kier alpha value is -3.85. The fourth-order valence-corrected chi connectivity index (χ4v) is 5.79. The van der Waals surface area contributed by atoms with Crippen molar-refractivity contribution >= 4 is 27.5 Å².